The van der Waals surface area contributed by atoms with Crippen molar-refractivity contribution in [2.45, 2.75) is 0 Å². The van der Waals surface area contributed by atoms with Gasteiger partial charge in [-0.2, -0.15) is 5.10 Å². The van der Waals surface area contributed by atoms with Gasteiger partial charge in [0.2, 0.25) is 0 Å². The van der Waals surface area contributed by atoms with Gasteiger partial charge in [0.25, 0.3) is 11.8 Å². The SMILES string of the molecule is COc1cccc(/C=N\NC(=O)CNC(=O)c2cccc(Cl)c2)c1. The van der Waals surface area contributed by atoms with E-state index in [0.717, 1.165) is 5.56 Å². The van der Waals surface area contributed by atoms with Crippen molar-refractivity contribution in [3.8, 4) is 5.75 Å². The number of rotatable bonds is 6. The van der Waals surface area contributed by atoms with E-state index in [1.807, 2.05) is 12.1 Å². The molecule has 2 aromatic carbocycles. The summed E-state index contributed by atoms with van der Waals surface area (Å²) in [5.74, 6) is -0.131. The maximum absolute atomic E-state index is 11.9. The van der Waals surface area contributed by atoms with Gasteiger partial charge >= 0.3 is 0 Å². The summed E-state index contributed by atoms with van der Waals surface area (Å²) in [7, 11) is 1.57. The number of hydrogen-bond acceptors (Lipinski definition) is 4. The minimum atomic E-state index is -0.440. The maximum Gasteiger partial charge on any atom is 0.259 e. The van der Waals surface area contributed by atoms with Gasteiger partial charge in [0.05, 0.1) is 19.9 Å². The van der Waals surface area contributed by atoms with Crippen molar-refractivity contribution in [2.24, 2.45) is 5.10 Å². The third-order valence-corrected chi connectivity index (χ3v) is 3.23. The molecule has 0 spiro atoms. The Balaban J connectivity index is 1.80. The molecule has 0 aliphatic carbocycles. The van der Waals surface area contributed by atoms with Gasteiger partial charge in [0.1, 0.15) is 5.75 Å². The molecule has 2 amide bonds. The van der Waals surface area contributed by atoms with Crippen LogP contribution in [0.25, 0.3) is 0 Å². The number of ether oxygens (including phenoxy) is 1. The number of amides is 2. The Bertz CT molecular complexity index is 762. The molecule has 0 aromatic heterocycles. The van der Waals surface area contributed by atoms with Crippen LogP contribution in [0.1, 0.15) is 15.9 Å². The Morgan fingerprint density at radius 1 is 1.21 bits per heavy atom. The summed E-state index contributed by atoms with van der Waals surface area (Å²) in [6.45, 7) is -0.194. The van der Waals surface area contributed by atoms with E-state index < -0.39 is 5.91 Å². The molecule has 2 aromatic rings. The molecule has 0 saturated carbocycles. The molecule has 0 bridgehead atoms. The molecule has 0 radical (unpaired) electrons. The van der Waals surface area contributed by atoms with E-state index in [1.165, 1.54) is 12.3 Å². The molecular formula is C17H16ClN3O3. The van der Waals surface area contributed by atoms with Crippen molar-refractivity contribution in [3.63, 3.8) is 0 Å². The van der Waals surface area contributed by atoms with E-state index in [9.17, 15) is 9.59 Å². The fourth-order valence-electron chi connectivity index (χ4n) is 1.83. The minimum Gasteiger partial charge on any atom is -0.497 e. The van der Waals surface area contributed by atoms with Crippen LogP contribution in [0.15, 0.2) is 53.6 Å². The first kappa shape index (κ1) is 17.5. The molecular weight excluding hydrogens is 330 g/mol. The van der Waals surface area contributed by atoms with Crippen LogP contribution in [0.2, 0.25) is 5.02 Å². The summed E-state index contributed by atoms with van der Waals surface area (Å²) < 4.78 is 5.09. The van der Waals surface area contributed by atoms with E-state index in [4.69, 9.17) is 16.3 Å². The van der Waals surface area contributed by atoms with Gasteiger partial charge in [0.15, 0.2) is 0 Å². The number of methoxy groups -OCH3 is 1. The van der Waals surface area contributed by atoms with Gasteiger partial charge < -0.3 is 10.1 Å². The minimum absolute atomic E-state index is 0.194. The summed E-state index contributed by atoms with van der Waals surface area (Å²) in [6, 6.07) is 13.7. The molecule has 124 valence electrons. The number of benzene rings is 2. The summed E-state index contributed by atoms with van der Waals surface area (Å²) in [4.78, 5) is 23.5. The molecule has 7 heteroatoms. The van der Waals surface area contributed by atoms with Crippen LogP contribution in [-0.2, 0) is 4.79 Å². The van der Waals surface area contributed by atoms with Crippen LogP contribution in [0.5, 0.6) is 5.75 Å². The molecule has 0 heterocycles. The molecule has 0 fully saturated rings. The van der Waals surface area contributed by atoms with E-state index >= 15 is 0 Å². The van der Waals surface area contributed by atoms with Crippen molar-refractivity contribution in [2.75, 3.05) is 13.7 Å². The smallest absolute Gasteiger partial charge is 0.259 e. The van der Waals surface area contributed by atoms with Crippen LogP contribution in [-0.4, -0.2) is 31.7 Å². The highest BCUT2D eigenvalue weighted by Gasteiger charge is 2.07. The monoisotopic (exact) mass is 345 g/mol. The van der Waals surface area contributed by atoms with Crippen LogP contribution in [0, 0.1) is 0 Å². The Kier molecular flexibility index (Phi) is 6.33. The largest absolute Gasteiger partial charge is 0.497 e. The second-order valence-electron chi connectivity index (χ2n) is 4.76. The lowest BCUT2D eigenvalue weighted by Gasteiger charge is -2.04. The fourth-order valence-corrected chi connectivity index (χ4v) is 2.02. The molecule has 0 saturated heterocycles. The van der Waals surface area contributed by atoms with Crippen molar-refractivity contribution in [1.82, 2.24) is 10.7 Å². The number of hydrazone groups is 1. The standard InChI is InChI=1S/C17H16ClN3O3/c1-24-15-7-2-4-12(8-15)10-20-21-16(22)11-19-17(23)13-5-3-6-14(18)9-13/h2-10H,11H2,1H3,(H,19,23)(H,21,22)/b20-10-. The van der Waals surface area contributed by atoms with Crippen LogP contribution < -0.4 is 15.5 Å². The summed E-state index contributed by atoms with van der Waals surface area (Å²) in [6.07, 6.45) is 1.49. The zero-order valence-electron chi connectivity index (χ0n) is 13.0. The topological polar surface area (TPSA) is 79.8 Å². The van der Waals surface area contributed by atoms with Gasteiger partial charge in [-0.1, -0.05) is 29.8 Å². The molecule has 0 aliphatic heterocycles. The van der Waals surface area contributed by atoms with Gasteiger partial charge in [-0.15, -0.1) is 0 Å². The Morgan fingerprint density at radius 3 is 2.75 bits per heavy atom. The quantitative estimate of drug-likeness (QED) is 0.622. The Hall–Kier alpha value is -2.86. The molecule has 24 heavy (non-hydrogen) atoms. The van der Waals surface area contributed by atoms with Crippen LogP contribution >= 0.6 is 11.6 Å². The van der Waals surface area contributed by atoms with Gasteiger partial charge in [-0.25, -0.2) is 5.43 Å². The highest BCUT2D eigenvalue weighted by molar-refractivity contribution is 6.30. The van der Waals surface area contributed by atoms with Gasteiger partial charge in [-0.3, -0.25) is 9.59 Å². The zero-order chi connectivity index (χ0) is 17.4. The highest BCUT2D eigenvalue weighted by Crippen LogP contribution is 2.11. The molecule has 0 unspecified atom stereocenters. The Morgan fingerprint density at radius 2 is 2.00 bits per heavy atom. The van der Waals surface area contributed by atoms with E-state index in [2.05, 4.69) is 15.8 Å². The third kappa shape index (κ3) is 5.40. The lowest BCUT2D eigenvalue weighted by molar-refractivity contribution is -0.120. The fraction of sp³-hybridized carbons (Fsp3) is 0.118. The van der Waals surface area contributed by atoms with Crippen LogP contribution in [0.4, 0.5) is 0 Å². The van der Waals surface area contributed by atoms with Crippen molar-refractivity contribution < 1.29 is 14.3 Å². The number of nitrogens with zero attached hydrogens (tertiary/aromatic N) is 1. The summed E-state index contributed by atoms with van der Waals surface area (Å²) in [5, 5.41) is 6.77. The lowest BCUT2D eigenvalue weighted by atomic mass is 10.2. The molecule has 0 aliphatic rings. The van der Waals surface area contributed by atoms with E-state index in [1.54, 1.807) is 37.4 Å². The second-order valence-corrected chi connectivity index (χ2v) is 5.20. The molecule has 6 nitrogen and oxygen atoms in total. The summed E-state index contributed by atoms with van der Waals surface area (Å²) >= 11 is 5.81. The summed E-state index contributed by atoms with van der Waals surface area (Å²) in [5.41, 5.74) is 3.50. The third-order valence-electron chi connectivity index (χ3n) is 2.99. The lowest BCUT2D eigenvalue weighted by Crippen LogP contribution is -2.34. The van der Waals surface area contributed by atoms with Gasteiger partial charge in [0, 0.05) is 10.6 Å². The molecule has 2 N–H and O–H groups in total. The molecule has 2 rings (SSSR count). The predicted octanol–water partition coefficient (Wildman–Crippen LogP) is 2.23. The van der Waals surface area contributed by atoms with Crippen molar-refractivity contribution >= 4 is 29.6 Å². The number of nitrogens with one attached hydrogen (secondary N) is 2. The highest BCUT2D eigenvalue weighted by atomic mass is 35.5. The molecule has 0 atom stereocenters. The average Bonchev–Trinajstić information content (AvgIpc) is 2.60. The number of carbonyl (C=O) groups is 2. The Labute approximate surface area is 144 Å². The van der Waals surface area contributed by atoms with Gasteiger partial charge in [-0.05, 0) is 35.9 Å². The predicted molar refractivity (Wildman–Crippen MR) is 92.5 cm³/mol. The zero-order valence-corrected chi connectivity index (χ0v) is 13.7. The van der Waals surface area contributed by atoms with E-state index in [-0.39, 0.29) is 12.5 Å². The van der Waals surface area contributed by atoms with Crippen LogP contribution in [0.3, 0.4) is 0 Å². The number of halogens is 1. The first-order valence-electron chi connectivity index (χ1n) is 7.08. The average molecular weight is 346 g/mol. The number of carbonyl (C=O) groups excluding carboxylic acids is 2. The first-order valence-corrected chi connectivity index (χ1v) is 7.46. The first-order chi connectivity index (χ1) is 11.6. The van der Waals surface area contributed by atoms with Crippen molar-refractivity contribution in [3.05, 3.63) is 64.7 Å². The number of hydrogen-bond donors (Lipinski definition) is 2. The van der Waals surface area contributed by atoms with Crippen molar-refractivity contribution in [1.29, 1.82) is 0 Å². The second kappa shape index (κ2) is 8.69. The normalized spacial score (nSPS) is 10.4. The maximum atomic E-state index is 11.9. The van der Waals surface area contributed by atoms with E-state index in [0.29, 0.717) is 16.3 Å².